The van der Waals surface area contributed by atoms with E-state index in [2.05, 4.69) is 65.3 Å². The lowest BCUT2D eigenvalue weighted by Crippen LogP contribution is -2.36. The first-order valence-electron chi connectivity index (χ1n) is 6.95. The molecule has 0 bridgehead atoms. The molecular formula is C16H20INO. The van der Waals surface area contributed by atoms with Gasteiger partial charge >= 0.3 is 0 Å². The molecule has 1 unspecified atom stereocenters. The number of hydrogen-bond acceptors (Lipinski definition) is 1. The SMILES string of the molecule is Cc1c2n(c3ccccc13)CCOC2(C)CCCI. The van der Waals surface area contributed by atoms with Crippen LogP contribution in [-0.4, -0.2) is 15.6 Å². The zero-order valence-corrected chi connectivity index (χ0v) is 13.7. The summed E-state index contributed by atoms with van der Waals surface area (Å²) in [4.78, 5) is 0. The molecule has 102 valence electrons. The van der Waals surface area contributed by atoms with Crippen molar-refractivity contribution in [1.82, 2.24) is 4.57 Å². The molecule has 2 nitrogen and oxygen atoms in total. The number of nitrogens with zero attached hydrogens (tertiary/aromatic N) is 1. The van der Waals surface area contributed by atoms with E-state index < -0.39 is 0 Å². The molecule has 1 aromatic heterocycles. The van der Waals surface area contributed by atoms with Crippen LogP contribution in [-0.2, 0) is 16.9 Å². The van der Waals surface area contributed by atoms with Crippen molar-refractivity contribution in [1.29, 1.82) is 0 Å². The highest BCUT2D eigenvalue weighted by atomic mass is 127. The summed E-state index contributed by atoms with van der Waals surface area (Å²) in [5.41, 5.74) is 4.03. The van der Waals surface area contributed by atoms with Crippen LogP contribution in [0.2, 0.25) is 0 Å². The van der Waals surface area contributed by atoms with Crippen LogP contribution in [0.15, 0.2) is 24.3 Å². The molecule has 0 amide bonds. The zero-order chi connectivity index (χ0) is 13.5. The van der Waals surface area contributed by atoms with E-state index in [0.717, 1.165) is 19.6 Å². The summed E-state index contributed by atoms with van der Waals surface area (Å²) < 4.78 is 9.84. The van der Waals surface area contributed by atoms with Crippen molar-refractivity contribution in [3.05, 3.63) is 35.5 Å². The number of benzene rings is 1. The maximum Gasteiger partial charge on any atom is 0.106 e. The van der Waals surface area contributed by atoms with Gasteiger partial charge in [0.05, 0.1) is 12.3 Å². The minimum Gasteiger partial charge on any atom is -0.367 e. The van der Waals surface area contributed by atoms with Gasteiger partial charge in [0.15, 0.2) is 0 Å². The molecule has 0 saturated heterocycles. The highest BCUT2D eigenvalue weighted by molar-refractivity contribution is 14.1. The molecule has 0 N–H and O–H groups in total. The molecular weight excluding hydrogens is 349 g/mol. The van der Waals surface area contributed by atoms with Crippen molar-refractivity contribution in [2.75, 3.05) is 11.0 Å². The van der Waals surface area contributed by atoms with Crippen molar-refractivity contribution in [3.63, 3.8) is 0 Å². The molecule has 19 heavy (non-hydrogen) atoms. The maximum absolute atomic E-state index is 6.18. The topological polar surface area (TPSA) is 14.2 Å². The molecule has 3 heteroatoms. The van der Waals surface area contributed by atoms with Crippen LogP contribution in [0.1, 0.15) is 31.0 Å². The number of ether oxygens (including phenoxy) is 1. The Morgan fingerprint density at radius 3 is 2.95 bits per heavy atom. The number of fused-ring (bicyclic) bond motifs is 3. The van der Waals surface area contributed by atoms with E-state index in [1.807, 2.05) is 0 Å². The molecule has 1 atom stereocenters. The van der Waals surface area contributed by atoms with Crippen molar-refractivity contribution < 1.29 is 4.74 Å². The Hall–Kier alpha value is -0.550. The van der Waals surface area contributed by atoms with Crippen LogP contribution in [0.25, 0.3) is 10.9 Å². The summed E-state index contributed by atoms with van der Waals surface area (Å²) in [5, 5.41) is 1.38. The van der Waals surface area contributed by atoms with Crippen LogP contribution in [0.3, 0.4) is 0 Å². The number of aromatic nitrogens is 1. The number of hydrogen-bond donors (Lipinski definition) is 0. The summed E-state index contributed by atoms with van der Waals surface area (Å²) in [5.74, 6) is 0. The fraction of sp³-hybridized carbons (Fsp3) is 0.500. The van der Waals surface area contributed by atoms with E-state index in [1.54, 1.807) is 0 Å². The molecule has 1 aromatic carbocycles. The highest BCUT2D eigenvalue weighted by Crippen LogP contribution is 2.40. The van der Waals surface area contributed by atoms with E-state index in [1.165, 1.54) is 33.0 Å². The van der Waals surface area contributed by atoms with Gasteiger partial charge < -0.3 is 9.30 Å². The lowest BCUT2D eigenvalue weighted by Gasteiger charge is -2.36. The average Bonchev–Trinajstić information content (AvgIpc) is 2.73. The predicted molar refractivity (Wildman–Crippen MR) is 88.1 cm³/mol. The third-order valence-corrected chi connectivity index (χ3v) is 5.01. The molecule has 3 rings (SSSR count). The first kappa shape index (κ1) is 13.4. The average molecular weight is 369 g/mol. The van der Waals surface area contributed by atoms with E-state index in [-0.39, 0.29) is 5.60 Å². The molecule has 0 fully saturated rings. The van der Waals surface area contributed by atoms with E-state index >= 15 is 0 Å². The van der Waals surface area contributed by atoms with Gasteiger partial charge in [0, 0.05) is 17.4 Å². The van der Waals surface area contributed by atoms with Crippen molar-refractivity contribution in [2.45, 2.75) is 38.8 Å². The summed E-state index contributed by atoms with van der Waals surface area (Å²) in [6.07, 6.45) is 2.31. The maximum atomic E-state index is 6.18. The molecule has 0 saturated carbocycles. The van der Waals surface area contributed by atoms with Gasteiger partial charge in [-0.25, -0.2) is 0 Å². The molecule has 2 heterocycles. The van der Waals surface area contributed by atoms with Crippen LogP contribution >= 0.6 is 22.6 Å². The molecule has 0 spiro atoms. The van der Waals surface area contributed by atoms with Gasteiger partial charge in [-0.1, -0.05) is 40.8 Å². The van der Waals surface area contributed by atoms with Crippen LogP contribution in [0, 0.1) is 6.92 Å². The van der Waals surface area contributed by atoms with Gasteiger partial charge in [-0.05, 0) is 42.7 Å². The Kier molecular flexibility index (Phi) is 3.60. The smallest absolute Gasteiger partial charge is 0.106 e. The van der Waals surface area contributed by atoms with Gasteiger partial charge in [-0.2, -0.15) is 0 Å². The Morgan fingerprint density at radius 1 is 1.37 bits per heavy atom. The van der Waals surface area contributed by atoms with Gasteiger partial charge in [0.1, 0.15) is 5.60 Å². The highest BCUT2D eigenvalue weighted by Gasteiger charge is 2.36. The zero-order valence-electron chi connectivity index (χ0n) is 11.6. The summed E-state index contributed by atoms with van der Waals surface area (Å²) in [6, 6.07) is 8.72. The molecule has 1 aliphatic rings. The number of para-hydroxylation sites is 1. The van der Waals surface area contributed by atoms with E-state index in [0.29, 0.717) is 0 Å². The van der Waals surface area contributed by atoms with Crippen molar-refractivity contribution >= 4 is 33.5 Å². The Balaban J connectivity index is 2.19. The van der Waals surface area contributed by atoms with Crippen LogP contribution < -0.4 is 0 Å². The third kappa shape index (κ3) is 2.11. The fourth-order valence-corrected chi connectivity index (χ4v) is 3.80. The van der Waals surface area contributed by atoms with Gasteiger partial charge in [-0.3, -0.25) is 0 Å². The second kappa shape index (κ2) is 5.09. The first-order valence-corrected chi connectivity index (χ1v) is 8.48. The fourth-order valence-electron chi connectivity index (χ4n) is 3.42. The van der Waals surface area contributed by atoms with E-state index in [4.69, 9.17) is 4.74 Å². The summed E-state index contributed by atoms with van der Waals surface area (Å²) in [7, 11) is 0. The number of halogens is 1. The lowest BCUT2D eigenvalue weighted by atomic mass is 9.92. The van der Waals surface area contributed by atoms with Crippen molar-refractivity contribution in [2.24, 2.45) is 0 Å². The summed E-state index contributed by atoms with van der Waals surface area (Å²) >= 11 is 2.45. The largest absolute Gasteiger partial charge is 0.367 e. The normalized spacial score (nSPS) is 22.7. The van der Waals surface area contributed by atoms with E-state index in [9.17, 15) is 0 Å². The number of alkyl halides is 1. The minimum absolute atomic E-state index is 0.119. The van der Waals surface area contributed by atoms with Crippen LogP contribution in [0.5, 0.6) is 0 Å². The molecule has 0 radical (unpaired) electrons. The van der Waals surface area contributed by atoms with Gasteiger partial charge in [0.2, 0.25) is 0 Å². The number of rotatable bonds is 3. The van der Waals surface area contributed by atoms with Crippen molar-refractivity contribution in [3.8, 4) is 0 Å². The standard InChI is InChI=1S/C16H20INO/c1-12-13-6-3-4-7-14(13)18-10-11-19-16(2,15(12)18)8-5-9-17/h3-4,6-7H,5,8-11H2,1-2H3. The monoisotopic (exact) mass is 369 g/mol. The molecule has 2 aromatic rings. The van der Waals surface area contributed by atoms with Gasteiger partial charge in [-0.15, -0.1) is 0 Å². The Labute approximate surface area is 128 Å². The Bertz CT molecular complexity index is 604. The molecule has 1 aliphatic heterocycles. The minimum atomic E-state index is -0.119. The predicted octanol–water partition coefficient (Wildman–Crippen LogP) is 4.41. The Morgan fingerprint density at radius 2 is 2.16 bits per heavy atom. The van der Waals surface area contributed by atoms with Crippen LogP contribution in [0.4, 0.5) is 0 Å². The number of aryl methyl sites for hydroxylation is 1. The van der Waals surface area contributed by atoms with Gasteiger partial charge in [0.25, 0.3) is 0 Å². The second-order valence-corrected chi connectivity index (χ2v) is 6.59. The quantitative estimate of drug-likeness (QED) is 0.578. The summed E-state index contributed by atoms with van der Waals surface area (Å²) in [6.45, 7) is 6.30. The second-order valence-electron chi connectivity index (χ2n) is 5.51. The third-order valence-electron chi connectivity index (χ3n) is 4.25. The first-order chi connectivity index (χ1) is 9.17. The molecule has 0 aliphatic carbocycles. The lowest BCUT2D eigenvalue weighted by molar-refractivity contribution is -0.0695.